The Morgan fingerprint density at radius 1 is 1.03 bits per heavy atom. The zero-order chi connectivity index (χ0) is 24.1. The summed E-state index contributed by atoms with van der Waals surface area (Å²) in [5.74, 6) is 1.80. The van der Waals surface area contributed by atoms with Crippen molar-refractivity contribution in [3.8, 4) is 11.4 Å². The summed E-state index contributed by atoms with van der Waals surface area (Å²) < 4.78 is 2.13. The molecule has 5 nitrogen and oxygen atoms in total. The molecular weight excluding hydrogens is 440 g/mol. The first-order valence-corrected chi connectivity index (χ1v) is 13.3. The van der Waals surface area contributed by atoms with Crippen LogP contribution in [0.5, 0.6) is 0 Å². The quantitative estimate of drug-likeness (QED) is 0.420. The molecule has 0 radical (unpaired) electrons. The fraction of sp³-hybridized carbons (Fsp3) is 0.464. The first-order valence-electron chi connectivity index (χ1n) is 12.3. The second kappa shape index (κ2) is 10.8. The summed E-state index contributed by atoms with van der Waals surface area (Å²) in [6.45, 7) is 9.55. The van der Waals surface area contributed by atoms with E-state index >= 15 is 0 Å². The number of hydrogen-bond acceptors (Lipinski definition) is 4. The average molecular weight is 477 g/mol. The lowest BCUT2D eigenvalue weighted by atomic mass is 9.86. The first kappa shape index (κ1) is 24.5. The van der Waals surface area contributed by atoms with Crippen LogP contribution in [0.2, 0.25) is 0 Å². The van der Waals surface area contributed by atoms with Gasteiger partial charge in [0, 0.05) is 11.6 Å². The monoisotopic (exact) mass is 476 g/mol. The molecular formula is C28H36N4OS. The van der Waals surface area contributed by atoms with Crippen molar-refractivity contribution >= 4 is 17.7 Å². The number of amides is 1. The summed E-state index contributed by atoms with van der Waals surface area (Å²) >= 11 is 1.46. The molecule has 1 heterocycles. The zero-order valence-corrected chi connectivity index (χ0v) is 21.6. The van der Waals surface area contributed by atoms with Crippen molar-refractivity contribution < 1.29 is 4.79 Å². The predicted molar refractivity (Wildman–Crippen MR) is 140 cm³/mol. The van der Waals surface area contributed by atoms with Gasteiger partial charge in [0.25, 0.3) is 0 Å². The van der Waals surface area contributed by atoms with Crippen molar-refractivity contribution in [2.75, 3.05) is 5.75 Å². The minimum atomic E-state index is 0.0779. The highest BCUT2D eigenvalue weighted by Gasteiger charge is 2.23. The molecule has 1 fully saturated rings. The number of nitrogens with zero attached hydrogens (tertiary/aromatic N) is 3. The molecule has 1 aliphatic carbocycles. The molecule has 1 aromatic heterocycles. The van der Waals surface area contributed by atoms with Crippen molar-refractivity contribution in [3.05, 3.63) is 65.7 Å². The molecule has 6 heteroatoms. The van der Waals surface area contributed by atoms with Crippen LogP contribution in [0, 0.1) is 5.92 Å². The molecule has 2 atom stereocenters. The van der Waals surface area contributed by atoms with Gasteiger partial charge in [-0.3, -0.25) is 9.36 Å². The van der Waals surface area contributed by atoms with Gasteiger partial charge in [-0.2, -0.15) is 0 Å². The third-order valence-electron chi connectivity index (χ3n) is 6.70. The third-order valence-corrected chi connectivity index (χ3v) is 7.67. The van der Waals surface area contributed by atoms with E-state index in [1.807, 2.05) is 18.2 Å². The molecule has 34 heavy (non-hydrogen) atoms. The van der Waals surface area contributed by atoms with Gasteiger partial charge in [0.05, 0.1) is 12.3 Å². The van der Waals surface area contributed by atoms with E-state index in [-0.39, 0.29) is 11.3 Å². The molecule has 0 bridgehead atoms. The molecule has 3 aromatic rings. The number of hydrogen-bond donors (Lipinski definition) is 1. The number of thioether (sulfide) groups is 1. The van der Waals surface area contributed by atoms with Gasteiger partial charge in [-0.25, -0.2) is 0 Å². The maximum Gasteiger partial charge on any atom is 0.230 e. The Morgan fingerprint density at radius 3 is 2.41 bits per heavy atom. The lowest BCUT2D eigenvalue weighted by Crippen LogP contribution is -2.41. The molecule has 0 spiro atoms. The van der Waals surface area contributed by atoms with E-state index < -0.39 is 0 Å². The highest BCUT2D eigenvalue weighted by molar-refractivity contribution is 7.99. The molecule has 0 aliphatic heterocycles. The van der Waals surface area contributed by atoms with Crippen molar-refractivity contribution in [3.63, 3.8) is 0 Å². The molecule has 1 saturated carbocycles. The maximum atomic E-state index is 12.7. The van der Waals surface area contributed by atoms with Crippen molar-refractivity contribution in [1.29, 1.82) is 0 Å². The van der Waals surface area contributed by atoms with Gasteiger partial charge in [-0.05, 0) is 35.3 Å². The standard InChI is InChI=1S/C28H36N4OS/c1-20-10-8-9-13-24(20)29-25(33)19-34-27-31-30-26(32(27)18-21-11-6-5-7-12-21)22-14-16-23(17-15-22)28(2,3)4/h5-7,11-12,14-17,20,24H,8-10,13,18-19H2,1-4H3,(H,29,33). The van der Waals surface area contributed by atoms with Crippen LogP contribution in [0.25, 0.3) is 11.4 Å². The maximum absolute atomic E-state index is 12.7. The van der Waals surface area contributed by atoms with Gasteiger partial charge in [-0.15, -0.1) is 10.2 Å². The number of carbonyl (C=O) groups excluding carboxylic acids is 1. The lowest BCUT2D eigenvalue weighted by molar-refractivity contribution is -0.119. The normalized spacial score (nSPS) is 18.6. The number of carbonyl (C=O) groups is 1. The van der Waals surface area contributed by atoms with Crippen molar-refractivity contribution in [2.24, 2.45) is 5.92 Å². The molecule has 1 aliphatic rings. The number of nitrogens with one attached hydrogen (secondary N) is 1. The van der Waals surface area contributed by atoms with Gasteiger partial charge in [0.1, 0.15) is 0 Å². The lowest BCUT2D eigenvalue weighted by Gasteiger charge is -2.29. The first-order chi connectivity index (χ1) is 16.3. The Hall–Kier alpha value is -2.60. The van der Waals surface area contributed by atoms with Gasteiger partial charge in [0.15, 0.2) is 11.0 Å². The van der Waals surface area contributed by atoms with Crippen LogP contribution in [0.3, 0.4) is 0 Å². The molecule has 2 aromatic carbocycles. The Bertz CT molecular complexity index is 1090. The van der Waals surface area contributed by atoms with Crippen molar-refractivity contribution in [2.45, 2.75) is 76.5 Å². The van der Waals surface area contributed by atoms with E-state index in [1.165, 1.54) is 42.2 Å². The Labute approximate surface area is 207 Å². The summed E-state index contributed by atoms with van der Waals surface area (Å²) in [7, 11) is 0. The Balaban J connectivity index is 1.53. The van der Waals surface area contributed by atoms with E-state index in [4.69, 9.17) is 0 Å². The average Bonchev–Trinajstić information content (AvgIpc) is 3.22. The molecule has 0 saturated heterocycles. The fourth-order valence-electron chi connectivity index (χ4n) is 4.55. The number of aromatic nitrogens is 3. The fourth-order valence-corrected chi connectivity index (χ4v) is 5.30. The second-order valence-corrected chi connectivity index (χ2v) is 11.4. The summed E-state index contributed by atoms with van der Waals surface area (Å²) in [5, 5.41) is 13.0. The molecule has 4 rings (SSSR count). The minimum Gasteiger partial charge on any atom is -0.352 e. The van der Waals surface area contributed by atoms with Crippen LogP contribution in [0.4, 0.5) is 0 Å². The van der Waals surface area contributed by atoms with E-state index in [0.29, 0.717) is 24.3 Å². The molecule has 1 amide bonds. The summed E-state index contributed by atoms with van der Waals surface area (Å²) in [6, 6.07) is 19.2. The Morgan fingerprint density at radius 2 is 1.74 bits per heavy atom. The topological polar surface area (TPSA) is 59.8 Å². The van der Waals surface area contributed by atoms with E-state index in [9.17, 15) is 4.79 Å². The molecule has 1 N–H and O–H groups in total. The highest BCUT2D eigenvalue weighted by atomic mass is 32.2. The van der Waals surface area contributed by atoms with E-state index in [2.05, 4.69) is 84.2 Å². The van der Waals surface area contributed by atoms with Crippen LogP contribution in [-0.4, -0.2) is 32.5 Å². The van der Waals surface area contributed by atoms with Crippen molar-refractivity contribution in [1.82, 2.24) is 20.1 Å². The zero-order valence-electron chi connectivity index (χ0n) is 20.8. The third kappa shape index (κ3) is 6.09. The number of benzene rings is 2. The predicted octanol–water partition coefficient (Wildman–Crippen LogP) is 6.08. The van der Waals surface area contributed by atoms with Crippen LogP contribution in [0.1, 0.15) is 64.5 Å². The summed E-state index contributed by atoms with van der Waals surface area (Å²) in [4.78, 5) is 12.7. The van der Waals surface area contributed by atoms with E-state index in [1.54, 1.807) is 0 Å². The van der Waals surface area contributed by atoms with Gasteiger partial charge in [-0.1, -0.05) is 107 Å². The summed E-state index contributed by atoms with van der Waals surface area (Å²) in [5.41, 5.74) is 3.59. The van der Waals surface area contributed by atoms with Crippen LogP contribution in [0.15, 0.2) is 59.8 Å². The smallest absolute Gasteiger partial charge is 0.230 e. The second-order valence-electron chi connectivity index (χ2n) is 10.4. The minimum absolute atomic E-state index is 0.0779. The van der Waals surface area contributed by atoms with Gasteiger partial charge >= 0.3 is 0 Å². The summed E-state index contributed by atoms with van der Waals surface area (Å²) in [6.07, 6.45) is 4.74. The van der Waals surface area contributed by atoms with Crippen LogP contribution < -0.4 is 5.32 Å². The molecule has 180 valence electrons. The Kier molecular flexibility index (Phi) is 7.77. The highest BCUT2D eigenvalue weighted by Crippen LogP contribution is 2.29. The van der Waals surface area contributed by atoms with Crippen LogP contribution >= 0.6 is 11.8 Å². The van der Waals surface area contributed by atoms with Gasteiger partial charge < -0.3 is 5.32 Å². The van der Waals surface area contributed by atoms with E-state index in [0.717, 1.165) is 23.0 Å². The van der Waals surface area contributed by atoms with Gasteiger partial charge in [0.2, 0.25) is 5.91 Å². The SMILES string of the molecule is CC1CCCCC1NC(=O)CSc1nnc(-c2ccc(C(C)(C)C)cc2)n1Cc1ccccc1. The largest absolute Gasteiger partial charge is 0.352 e. The molecule has 2 unspecified atom stereocenters. The number of rotatable bonds is 7. The van der Waals surface area contributed by atoms with Crippen LogP contribution in [-0.2, 0) is 16.8 Å².